The summed E-state index contributed by atoms with van der Waals surface area (Å²) in [6.45, 7) is 1.22. The van der Waals surface area contributed by atoms with Gasteiger partial charge in [-0.25, -0.2) is 9.37 Å². The predicted octanol–water partition coefficient (Wildman–Crippen LogP) is 2.79. The zero-order chi connectivity index (χ0) is 15.4. The number of amides is 1. The van der Waals surface area contributed by atoms with Gasteiger partial charge in [0.15, 0.2) is 0 Å². The number of carbonyl (C=O) groups is 1. The van der Waals surface area contributed by atoms with E-state index < -0.39 is 0 Å². The van der Waals surface area contributed by atoms with Crippen molar-refractivity contribution in [3.63, 3.8) is 0 Å². The van der Waals surface area contributed by atoms with Gasteiger partial charge in [-0.2, -0.15) is 0 Å². The van der Waals surface area contributed by atoms with E-state index in [1.165, 1.54) is 23.5 Å². The van der Waals surface area contributed by atoms with Crippen LogP contribution in [-0.4, -0.2) is 30.1 Å². The summed E-state index contributed by atoms with van der Waals surface area (Å²) in [5.74, 6) is -0.288. The monoisotopic (exact) mass is 320 g/mol. The lowest BCUT2D eigenvalue weighted by atomic mass is 10.2. The smallest absolute Gasteiger partial charge is 0.249 e. The molecule has 4 nitrogen and oxygen atoms in total. The fourth-order valence-corrected chi connectivity index (χ4v) is 3.22. The van der Waals surface area contributed by atoms with E-state index in [0.717, 1.165) is 29.1 Å². The molecule has 0 spiro atoms. The van der Waals surface area contributed by atoms with Crippen LogP contribution in [0.15, 0.2) is 29.6 Å². The van der Waals surface area contributed by atoms with E-state index in [-0.39, 0.29) is 17.8 Å². The van der Waals surface area contributed by atoms with E-state index in [1.807, 2.05) is 5.38 Å². The lowest BCUT2D eigenvalue weighted by Gasteiger charge is -2.09. The summed E-state index contributed by atoms with van der Waals surface area (Å²) in [4.78, 5) is 16.3. The molecule has 0 aliphatic carbocycles. The van der Waals surface area contributed by atoms with Crippen LogP contribution in [0, 0.1) is 5.82 Å². The Bertz CT molecular complexity index is 636. The lowest BCUT2D eigenvalue weighted by molar-refractivity contribution is -0.129. The molecule has 2 heterocycles. The Hall–Kier alpha value is -1.79. The standard InChI is InChI=1S/C16H17FN2O2S/c17-12-5-3-11(4-6-12)16-19-13(10-22-16)7-8-18-15(20)14-2-1-9-21-14/h3-6,10,14H,1-2,7-9H2,(H,18,20). The van der Waals surface area contributed by atoms with Crippen LogP contribution in [0.5, 0.6) is 0 Å². The SMILES string of the molecule is O=C(NCCc1csc(-c2ccc(F)cc2)n1)C1CCCO1. The zero-order valence-electron chi connectivity index (χ0n) is 12.0. The third kappa shape index (κ3) is 3.69. The number of rotatable bonds is 5. The molecule has 22 heavy (non-hydrogen) atoms. The van der Waals surface area contributed by atoms with Gasteiger partial charge in [0.05, 0.1) is 5.69 Å². The summed E-state index contributed by atoms with van der Waals surface area (Å²) in [6, 6.07) is 6.30. The molecule has 0 bridgehead atoms. The summed E-state index contributed by atoms with van der Waals surface area (Å²) in [5.41, 5.74) is 1.83. The maximum absolute atomic E-state index is 12.9. The van der Waals surface area contributed by atoms with Crippen LogP contribution in [0.2, 0.25) is 0 Å². The van der Waals surface area contributed by atoms with Crippen LogP contribution in [0.3, 0.4) is 0 Å². The number of benzene rings is 1. The lowest BCUT2D eigenvalue weighted by Crippen LogP contribution is -2.35. The van der Waals surface area contributed by atoms with E-state index >= 15 is 0 Å². The van der Waals surface area contributed by atoms with Gasteiger partial charge in [-0.1, -0.05) is 0 Å². The molecule has 116 valence electrons. The second kappa shape index (κ2) is 6.98. The molecular weight excluding hydrogens is 303 g/mol. The molecule has 6 heteroatoms. The Morgan fingerprint density at radius 2 is 2.23 bits per heavy atom. The number of nitrogens with zero attached hydrogens (tertiary/aromatic N) is 1. The van der Waals surface area contributed by atoms with Crippen LogP contribution in [0.4, 0.5) is 4.39 Å². The largest absolute Gasteiger partial charge is 0.368 e. The number of aromatic nitrogens is 1. The van der Waals surface area contributed by atoms with Gasteiger partial charge in [-0.15, -0.1) is 11.3 Å². The molecule has 2 aromatic rings. The predicted molar refractivity (Wildman–Crippen MR) is 83.2 cm³/mol. The van der Waals surface area contributed by atoms with Crippen molar-refractivity contribution in [3.05, 3.63) is 41.2 Å². The minimum absolute atomic E-state index is 0.0357. The molecule has 1 saturated heterocycles. The second-order valence-corrected chi connectivity index (χ2v) is 6.05. The Kier molecular flexibility index (Phi) is 4.80. The molecule has 1 fully saturated rings. The summed E-state index contributed by atoms with van der Waals surface area (Å²) >= 11 is 1.52. The topological polar surface area (TPSA) is 51.2 Å². The fourth-order valence-electron chi connectivity index (χ4n) is 2.36. The summed E-state index contributed by atoms with van der Waals surface area (Å²) in [5, 5.41) is 5.71. The number of nitrogens with one attached hydrogen (secondary N) is 1. The second-order valence-electron chi connectivity index (χ2n) is 5.19. The van der Waals surface area contributed by atoms with Crippen molar-refractivity contribution in [2.24, 2.45) is 0 Å². The van der Waals surface area contributed by atoms with Gasteiger partial charge in [0.2, 0.25) is 5.91 Å². The number of hydrogen-bond donors (Lipinski definition) is 1. The molecule has 1 N–H and O–H groups in total. The summed E-state index contributed by atoms with van der Waals surface area (Å²) in [6.07, 6.45) is 2.14. The quantitative estimate of drug-likeness (QED) is 0.921. The third-order valence-corrected chi connectivity index (χ3v) is 4.49. The molecule has 3 rings (SSSR count). The normalized spacial score (nSPS) is 17.6. The zero-order valence-corrected chi connectivity index (χ0v) is 12.9. The number of halogens is 1. The van der Waals surface area contributed by atoms with E-state index in [4.69, 9.17) is 4.74 Å². The molecule has 1 atom stereocenters. The number of hydrogen-bond acceptors (Lipinski definition) is 4. The maximum Gasteiger partial charge on any atom is 0.249 e. The molecular formula is C16H17FN2O2S. The summed E-state index contributed by atoms with van der Waals surface area (Å²) in [7, 11) is 0. The molecule has 1 aromatic heterocycles. The first kappa shape index (κ1) is 15.1. The first-order valence-electron chi connectivity index (χ1n) is 7.32. The average molecular weight is 320 g/mol. The van der Waals surface area contributed by atoms with Crippen LogP contribution >= 0.6 is 11.3 Å². The van der Waals surface area contributed by atoms with Crippen molar-refractivity contribution < 1.29 is 13.9 Å². The Balaban J connectivity index is 1.51. The van der Waals surface area contributed by atoms with Gasteiger partial charge >= 0.3 is 0 Å². The number of carbonyl (C=O) groups excluding carboxylic acids is 1. The van der Waals surface area contributed by atoms with Gasteiger partial charge in [0, 0.05) is 30.5 Å². The Morgan fingerprint density at radius 1 is 1.41 bits per heavy atom. The summed E-state index contributed by atoms with van der Waals surface area (Å²) < 4.78 is 18.2. The first-order valence-corrected chi connectivity index (χ1v) is 8.20. The fraction of sp³-hybridized carbons (Fsp3) is 0.375. The van der Waals surface area contributed by atoms with Crippen molar-refractivity contribution >= 4 is 17.2 Å². The van der Waals surface area contributed by atoms with Gasteiger partial charge in [-0.3, -0.25) is 4.79 Å². The van der Waals surface area contributed by atoms with Crippen molar-refractivity contribution in [2.75, 3.05) is 13.2 Å². The molecule has 1 unspecified atom stereocenters. The van der Waals surface area contributed by atoms with Crippen molar-refractivity contribution in [1.29, 1.82) is 0 Å². The average Bonchev–Trinajstić information content (AvgIpc) is 3.19. The van der Waals surface area contributed by atoms with Crippen molar-refractivity contribution in [2.45, 2.75) is 25.4 Å². The van der Waals surface area contributed by atoms with Gasteiger partial charge in [0.1, 0.15) is 16.9 Å². The highest BCUT2D eigenvalue weighted by atomic mass is 32.1. The number of thiazole rings is 1. The van der Waals surface area contributed by atoms with E-state index in [2.05, 4.69) is 10.3 Å². The highest BCUT2D eigenvalue weighted by Crippen LogP contribution is 2.24. The third-order valence-electron chi connectivity index (χ3n) is 3.55. The van der Waals surface area contributed by atoms with Crippen LogP contribution in [-0.2, 0) is 16.0 Å². The van der Waals surface area contributed by atoms with E-state index in [0.29, 0.717) is 19.6 Å². The number of ether oxygens (including phenoxy) is 1. The molecule has 1 amide bonds. The molecule has 1 aromatic carbocycles. The van der Waals surface area contributed by atoms with Gasteiger partial charge in [-0.05, 0) is 37.1 Å². The van der Waals surface area contributed by atoms with Gasteiger partial charge < -0.3 is 10.1 Å². The van der Waals surface area contributed by atoms with Crippen LogP contribution in [0.25, 0.3) is 10.6 Å². The molecule has 1 aliphatic rings. The Morgan fingerprint density at radius 3 is 2.95 bits per heavy atom. The molecule has 0 radical (unpaired) electrons. The minimum Gasteiger partial charge on any atom is -0.368 e. The van der Waals surface area contributed by atoms with Crippen LogP contribution < -0.4 is 5.32 Å². The highest BCUT2D eigenvalue weighted by Gasteiger charge is 2.22. The first-order chi connectivity index (χ1) is 10.7. The van der Waals surface area contributed by atoms with Gasteiger partial charge in [0.25, 0.3) is 0 Å². The molecule has 1 aliphatic heterocycles. The van der Waals surface area contributed by atoms with Crippen molar-refractivity contribution in [1.82, 2.24) is 10.3 Å². The van der Waals surface area contributed by atoms with Crippen molar-refractivity contribution in [3.8, 4) is 10.6 Å². The van der Waals surface area contributed by atoms with E-state index in [9.17, 15) is 9.18 Å². The Labute approximate surface area is 132 Å². The minimum atomic E-state index is -0.287. The maximum atomic E-state index is 12.9. The van der Waals surface area contributed by atoms with Crippen LogP contribution in [0.1, 0.15) is 18.5 Å². The highest BCUT2D eigenvalue weighted by molar-refractivity contribution is 7.13. The van der Waals surface area contributed by atoms with E-state index in [1.54, 1.807) is 12.1 Å². The molecule has 0 saturated carbocycles.